The van der Waals surface area contributed by atoms with Crippen LogP contribution in [-0.4, -0.2) is 25.4 Å². The lowest BCUT2D eigenvalue weighted by atomic mass is 10.0. The number of hydrogen-bond donors (Lipinski definition) is 1. The van der Waals surface area contributed by atoms with Crippen LogP contribution in [0.1, 0.15) is 19.8 Å². The fourth-order valence-corrected chi connectivity index (χ4v) is 1.33. The number of carbonyl (C=O) groups is 1. The summed E-state index contributed by atoms with van der Waals surface area (Å²) in [5.41, 5.74) is 5.20. The minimum Gasteiger partial charge on any atom is -0.369 e. The molecule has 0 aromatic heterocycles. The highest BCUT2D eigenvalue weighted by molar-refractivity contribution is 5.77. The molecular weight excluding hydrogens is 158 g/mol. The molecule has 4 heteroatoms. The Morgan fingerprint density at radius 1 is 1.58 bits per heavy atom. The van der Waals surface area contributed by atoms with Crippen molar-refractivity contribution in [3.63, 3.8) is 0 Å². The molecule has 0 spiro atoms. The highest BCUT2D eigenvalue weighted by Crippen LogP contribution is 2.18. The molecule has 1 saturated heterocycles. The lowest BCUT2D eigenvalue weighted by Gasteiger charge is -2.17. The van der Waals surface area contributed by atoms with Crippen LogP contribution in [0.2, 0.25) is 0 Å². The van der Waals surface area contributed by atoms with Crippen molar-refractivity contribution in [3.8, 4) is 0 Å². The van der Waals surface area contributed by atoms with E-state index in [1.807, 2.05) is 6.92 Å². The summed E-state index contributed by atoms with van der Waals surface area (Å²) in [6.45, 7) is 3.14. The normalized spacial score (nSPS) is 21.1. The molecule has 1 rings (SSSR count). The van der Waals surface area contributed by atoms with Crippen LogP contribution in [-0.2, 0) is 14.3 Å². The van der Waals surface area contributed by atoms with E-state index in [1.165, 1.54) is 0 Å². The predicted molar refractivity (Wildman–Crippen MR) is 43.3 cm³/mol. The minimum absolute atomic E-state index is 0.280. The van der Waals surface area contributed by atoms with E-state index in [-0.39, 0.29) is 11.8 Å². The Hall–Kier alpha value is -0.610. The van der Waals surface area contributed by atoms with Crippen molar-refractivity contribution in [1.82, 2.24) is 0 Å². The monoisotopic (exact) mass is 173 g/mol. The predicted octanol–water partition coefficient (Wildman–Crippen LogP) is 0.261. The maximum absolute atomic E-state index is 10.9. The molecule has 0 saturated carbocycles. The molecule has 0 radical (unpaired) electrons. The van der Waals surface area contributed by atoms with Crippen molar-refractivity contribution < 1.29 is 14.3 Å². The van der Waals surface area contributed by atoms with Crippen LogP contribution >= 0.6 is 0 Å². The van der Waals surface area contributed by atoms with Crippen molar-refractivity contribution in [1.29, 1.82) is 0 Å². The molecule has 1 aliphatic rings. The molecule has 70 valence electrons. The van der Waals surface area contributed by atoms with Gasteiger partial charge in [0.05, 0.1) is 19.1 Å². The lowest BCUT2D eigenvalue weighted by Crippen LogP contribution is -2.34. The first-order chi connectivity index (χ1) is 5.75. The van der Waals surface area contributed by atoms with Crippen LogP contribution in [0.25, 0.3) is 0 Å². The summed E-state index contributed by atoms with van der Waals surface area (Å²) in [7, 11) is 0. The maximum atomic E-state index is 10.9. The third-order valence-corrected chi connectivity index (χ3v) is 1.94. The summed E-state index contributed by atoms with van der Waals surface area (Å²) in [6, 6.07) is 0. The van der Waals surface area contributed by atoms with Gasteiger partial charge in [0.25, 0.3) is 0 Å². The number of amides is 1. The summed E-state index contributed by atoms with van der Waals surface area (Å²) in [6.07, 6.45) is 1.25. The van der Waals surface area contributed by atoms with Crippen LogP contribution in [0, 0.1) is 5.92 Å². The first-order valence-corrected chi connectivity index (χ1v) is 4.28. The molecular formula is C8H15NO3. The fraction of sp³-hybridized carbons (Fsp3) is 0.875. The van der Waals surface area contributed by atoms with E-state index < -0.39 is 6.29 Å². The third kappa shape index (κ3) is 2.19. The number of primary amides is 1. The SMILES string of the molecule is CCCC(C(N)=O)C1OCCO1. The number of nitrogens with two attached hydrogens (primary N) is 1. The molecule has 12 heavy (non-hydrogen) atoms. The Balaban J connectivity index is 2.45. The van der Waals surface area contributed by atoms with Gasteiger partial charge in [-0.05, 0) is 6.42 Å². The quantitative estimate of drug-likeness (QED) is 0.663. The Morgan fingerprint density at radius 3 is 2.58 bits per heavy atom. The maximum Gasteiger partial charge on any atom is 0.225 e. The second-order valence-corrected chi connectivity index (χ2v) is 2.91. The van der Waals surface area contributed by atoms with Gasteiger partial charge in [0.1, 0.15) is 0 Å². The van der Waals surface area contributed by atoms with E-state index in [2.05, 4.69) is 0 Å². The Kier molecular flexibility index (Phi) is 3.49. The molecule has 1 atom stereocenters. The summed E-state index contributed by atoms with van der Waals surface area (Å²) in [5, 5.41) is 0. The topological polar surface area (TPSA) is 61.6 Å². The van der Waals surface area contributed by atoms with E-state index in [0.717, 1.165) is 12.8 Å². The van der Waals surface area contributed by atoms with Gasteiger partial charge in [-0.15, -0.1) is 0 Å². The van der Waals surface area contributed by atoms with Crippen LogP contribution in [0.4, 0.5) is 0 Å². The van der Waals surface area contributed by atoms with Crippen molar-refractivity contribution in [2.24, 2.45) is 11.7 Å². The van der Waals surface area contributed by atoms with Gasteiger partial charge in [0, 0.05) is 0 Å². The van der Waals surface area contributed by atoms with E-state index in [1.54, 1.807) is 0 Å². The zero-order valence-corrected chi connectivity index (χ0v) is 7.29. The molecule has 1 fully saturated rings. The second kappa shape index (κ2) is 4.42. The van der Waals surface area contributed by atoms with Crippen molar-refractivity contribution in [3.05, 3.63) is 0 Å². The van der Waals surface area contributed by atoms with E-state index in [9.17, 15) is 4.79 Å². The van der Waals surface area contributed by atoms with Gasteiger partial charge in [-0.3, -0.25) is 4.79 Å². The van der Waals surface area contributed by atoms with Gasteiger partial charge in [-0.1, -0.05) is 13.3 Å². The number of hydrogen-bond acceptors (Lipinski definition) is 3. The third-order valence-electron chi connectivity index (χ3n) is 1.94. The largest absolute Gasteiger partial charge is 0.369 e. The molecule has 0 bridgehead atoms. The second-order valence-electron chi connectivity index (χ2n) is 2.91. The minimum atomic E-state index is -0.401. The van der Waals surface area contributed by atoms with Gasteiger partial charge in [-0.25, -0.2) is 0 Å². The summed E-state index contributed by atoms with van der Waals surface area (Å²) < 4.78 is 10.4. The summed E-state index contributed by atoms with van der Waals surface area (Å²) in [5.74, 6) is -0.610. The smallest absolute Gasteiger partial charge is 0.225 e. The highest BCUT2D eigenvalue weighted by atomic mass is 16.7. The van der Waals surface area contributed by atoms with E-state index in [0.29, 0.717) is 13.2 Å². The molecule has 0 aromatic carbocycles. The zero-order valence-electron chi connectivity index (χ0n) is 7.29. The first kappa shape index (κ1) is 9.48. The van der Waals surface area contributed by atoms with Gasteiger partial charge in [0.15, 0.2) is 6.29 Å². The summed E-state index contributed by atoms with van der Waals surface area (Å²) >= 11 is 0. The standard InChI is InChI=1S/C8H15NO3/c1-2-3-6(7(9)10)8-11-4-5-12-8/h6,8H,2-5H2,1H3,(H2,9,10). The number of rotatable bonds is 4. The number of ether oxygens (including phenoxy) is 2. The highest BCUT2D eigenvalue weighted by Gasteiger charge is 2.30. The van der Waals surface area contributed by atoms with Crippen molar-refractivity contribution in [2.45, 2.75) is 26.1 Å². The van der Waals surface area contributed by atoms with Crippen LogP contribution in [0.3, 0.4) is 0 Å². The van der Waals surface area contributed by atoms with Crippen LogP contribution < -0.4 is 5.73 Å². The van der Waals surface area contributed by atoms with E-state index in [4.69, 9.17) is 15.2 Å². The zero-order chi connectivity index (χ0) is 8.97. The van der Waals surface area contributed by atoms with Crippen molar-refractivity contribution >= 4 is 5.91 Å². The Bertz CT molecular complexity index is 154. The molecule has 1 amide bonds. The molecule has 0 aromatic rings. The molecule has 0 aliphatic carbocycles. The van der Waals surface area contributed by atoms with Gasteiger partial charge < -0.3 is 15.2 Å². The van der Waals surface area contributed by atoms with Crippen LogP contribution in [0.15, 0.2) is 0 Å². The Labute approximate surface area is 72.0 Å². The van der Waals surface area contributed by atoms with Gasteiger partial charge >= 0.3 is 0 Å². The summed E-state index contributed by atoms with van der Waals surface area (Å²) in [4.78, 5) is 10.9. The first-order valence-electron chi connectivity index (χ1n) is 4.28. The fourth-order valence-electron chi connectivity index (χ4n) is 1.33. The van der Waals surface area contributed by atoms with E-state index >= 15 is 0 Å². The Morgan fingerprint density at radius 2 is 2.17 bits per heavy atom. The lowest BCUT2D eigenvalue weighted by molar-refractivity contribution is -0.139. The van der Waals surface area contributed by atoms with Gasteiger partial charge in [-0.2, -0.15) is 0 Å². The van der Waals surface area contributed by atoms with Gasteiger partial charge in [0.2, 0.25) is 5.91 Å². The average molecular weight is 173 g/mol. The molecule has 2 N–H and O–H groups in total. The molecule has 4 nitrogen and oxygen atoms in total. The molecule has 1 heterocycles. The molecule has 1 aliphatic heterocycles. The average Bonchev–Trinajstić information content (AvgIpc) is 2.51. The number of carbonyl (C=O) groups excluding carboxylic acids is 1. The van der Waals surface area contributed by atoms with Crippen molar-refractivity contribution in [2.75, 3.05) is 13.2 Å². The van der Waals surface area contributed by atoms with Crippen LogP contribution in [0.5, 0.6) is 0 Å². The molecule has 1 unspecified atom stereocenters.